The van der Waals surface area contributed by atoms with Crippen molar-refractivity contribution in [2.24, 2.45) is 4.99 Å². The monoisotopic (exact) mass is 179 g/mol. The lowest BCUT2D eigenvalue weighted by atomic mass is 9.98. The normalized spacial score (nSPS) is 17.5. The molecule has 0 aromatic heterocycles. The lowest BCUT2D eigenvalue weighted by Gasteiger charge is -2.14. The summed E-state index contributed by atoms with van der Waals surface area (Å²) in [4.78, 5) is 13.2. The predicted molar refractivity (Wildman–Crippen MR) is 50.1 cm³/mol. The first-order valence-corrected chi connectivity index (χ1v) is 4.42. The molecule has 70 valence electrons. The summed E-state index contributed by atoms with van der Waals surface area (Å²) < 4.78 is 0. The van der Waals surface area contributed by atoms with Gasteiger partial charge in [-0.05, 0) is 24.8 Å². The molecule has 1 unspecified atom stereocenters. The Labute approximate surface area is 77.5 Å². The number of hydrogen-bond donors (Lipinski definition) is 1. The molecule has 0 aromatic carbocycles. The highest BCUT2D eigenvalue weighted by Crippen LogP contribution is 2.17. The van der Waals surface area contributed by atoms with Crippen LogP contribution in [0.15, 0.2) is 28.8 Å². The fourth-order valence-corrected chi connectivity index (χ4v) is 1.32. The third kappa shape index (κ3) is 3.36. The van der Waals surface area contributed by atoms with Crippen LogP contribution in [0.1, 0.15) is 19.3 Å². The Morgan fingerprint density at radius 3 is 3.15 bits per heavy atom. The van der Waals surface area contributed by atoms with Gasteiger partial charge in [0.25, 0.3) is 0 Å². The maximum Gasteiger partial charge on any atom is 0.234 e. The number of allylic oxidation sites excluding steroid dienone is 3. The molecule has 0 aromatic rings. The minimum atomic E-state index is -0.456. The highest BCUT2D eigenvalue weighted by atomic mass is 16.3. The number of aliphatic imine (C=N–C) groups is 1. The van der Waals surface area contributed by atoms with Crippen LogP contribution >= 0.6 is 0 Å². The summed E-state index contributed by atoms with van der Waals surface area (Å²) in [7, 11) is 0. The Balaban J connectivity index is 2.37. The van der Waals surface area contributed by atoms with Crippen molar-refractivity contribution in [1.82, 2.24) is 0 Å². The SMILES string of the molecule is O=C=NCCC(O)C1=CC=CCC1. The Hall–Kier alpha value is -1.18. The second kappa shape index (κ2) is 5.46. The first-order chi connectivity index (χ1) is 6.34. The van der Waals surface area contributed by atoms with E-state index in [0.29, 0.717) is 13.0 Å². The lowest BCUT2D eigenvalue weighted by molar-refractivity contribution is 0.199. The van der Waals surface area contributed by atoms with Crippen LogP contribution < -0.4 is 0 Å². The number of nitrogens with zero attached hydrogens (tertiary/aromatic N) is 1. The fraction of sp³-hybridized carbons (Fsp3) is 0.500. The summed E-state index contributed by atoms with van der Waals surface area (Å²) in [6, 6.07) is 0. The van der Waals surface area contributed by atoms with E-state index in [1.807, 2.05) is 12.2 Å². The van der Waals surface area contributed by atoms with Crippen molar-refractivity contribution >= 4 is 6.08 Å². The molecule has 0 aliphatic heterocycles. The molecule has 0 saturated heterocycles. The lowest BCUT2D eigenvalue weighted by Crippen LogP contribution is -2.12. The average molecular weight is 179 g/mol. The molecule has 1 aliphatic carbocycles. The van der Waals surface area contributed by atoms with Crippen LogP contribution in [0.2, 0.25) is 0 Å². The standard InChI is InChI=1S/C10H13NO2/c12-8-11-7-6-10(13)9-4-2-1-3-5-9/h1-2,4,10,13H,3,5-7H2. The highest BCUT2D eigenvalue weighted by molar-refractivity contribution is 5.32. The second-order valence-corrected chi connectivity index (χ2v) is 2.99. The van der Waals surface area contributed by atoms with Gasteiger partial charge in [0, 0.05) is 0 Å². The van der Waals surface area contributed by atoms with E-state index in [9.17, 15) is 9.90 Å². The Morgan fingerprint density at radius 1 is 1.69 bits per heavy atom. The van der Waals surface area contributed by atoms with Crippen LogP contribution in [0.4, 0.5) is 0 Å². The summed E-state index contributed by atoms with van der Waals surface area (Å²) in [6.45, 7) is 0.353. The molecule has 3 heteroatoms. The molecular weight excluding hydrogens is 166 g/mol. The molecule has 0 saturated carbocycles. The van der Waals surface area contributed by atoms with Gasteiger partial charge in [-0.1, -0.05) is 18.2 Å². The molecule has 1 N–H and O–H groups in total. The molecule has 0 fully saturated rings. The van der Waals surface area contributed by atoms with Gasteiger partial charge in [0.1, 0.15) is 0 Å². The minimum absolute atomic E-state index is 0.353. The number of isocyanates is 1. The molecule has 1 rings (SSSR count). The largest absolute Gasteiger partial charge is 0.389 e. The molecule has 13 heavy (non-hydrogen) atoms. The van der Waals surface area contributed by atoms with Crippen molar-refractivity contribution in [3.05, 3.63) is 23.8 Å². The van der Waals surface area contributed by atoms with E-state index < -0.39 is 6.10 Å². The van der Waals surface area contributed by atoms with Crippen molar-refractivity contribution < 1.29 is 9.90 Å². The predicted octanol–water partition coefficient (Wildman–Crippen LogP) is 1.35. The molecule has 3 nitrogen and oxygen atoms in total. The van der Waals surface area contributed by atoms with Gasteiger partial charge < -0.3 is 5.11 Å². The smallest absolute Gasteiger partial charge is 0.234 e. The number of aliphatic hydroxyl groups excluding tert-OH is 1. The number of aliphatic hydroxyl groups is 1. The summed E-state index contributed by atoms with van der Waals surface area (Å²) in [6.07, 6.45) is 9.35. The van der Waals surface area contributed by atoms with E-state index in [0.717, 1.165) is 18.4 Å². The van der Waals surface area contributed by atoms with E-state index in [4.69, 9.17) is 0 Å². The molecule has 1 atom stereocenters. The van der Waals surface area contributed by atoms with E-state index >= 15 is 0 Å². The topological polar surface area (TPSA) is 49.7 Å². The molecular formula is C10H13NO2. The number of carbonyl (C=O) groups excluding carboxylic acids is 1. The number of hydrogen-bond acceptors (Lipinski definition) is 3. The van der Waals surface area contributed by atoms with Crippen molar-refractivity contribution in [2.75, 3.05) is 6.54 Å². The van der Waals surface area contributed by atoms with Gasteiger partial charge in [-0.25, -0.2) is 9.79 Å². The number of rotatable bonds is 4. The van der Waals surface area contributed by atoms with Gasteiger partial charge in [-0.3, -0.25) is 0 Å². The van der Waals surface area contributed by atoms with Crippen molar-refractivity contribution in [3.63, 3.8) is 0 Å². The van der Waals surface area contributed by atoms with Crippen LogP contribution in [0.5, 0.6) is 0 Å². The molecule has 0 heterocycles. The van der Waals surface area contributed by atoms with Gasteiger partial charge in [0.15, 0.2) is 0 Å². The van der Waals surface area contributed by atoms with E-state index in [1.54, 1.807) is 0 Å². The molecule has 0 bridgehead atoms. The quantitative estimate of drug-likeness (QED) is 0.523. The van der Waals surface area contributed by atoms with Crippen LogP contribution in [0, 0.1) is 0 Å². The molecule has 0 radical (unpaired) electrons. The van der Waals surface area contributed by atoms with Gasteiger partial charge in [0.05, 0.1) is 12.6 Å². The van der Waals surface area contributed by atoms with Crippen LogP contribution in [0.3, 0.4) is 0 Å². The van der Waals surface area contributed by atoms with Gasteiger partial charge >= 0.3 is 0 Å². The van der Waals surface area contributed by atoms with E-state index in [2.05, 4.69) is 11.1 Å². The van der Waals surface area contributed by atoms with Crippen molar-refractivity contribution in [1.29, 1.82) is 0 Å². The van der Waals surface area contributed by atoms with Crippen molar-refractivity contribution in [3.8, 4) is 0 Å². The third-order valence-corrected chi connectivity index (χ3v) is 2.05. The maximum atomic E-state index is 9.76. The van der Waals surface area contributed by atoms with Gasteiger partial charge in [-0.15, -0.1) is 0 Å². The Morgan fingerprint density at radius 2 is 2.54 bits per heavy atom. The summed E-state index contributed by atoms with van der Waals surface area (Å²) in [5.74, 6) is 0. The maximum absolute atomic E-state index is 9.76. The van der Waals surface area contributed by atoms with Crippen molar-refractivity contribution in [2.45, 2.75) is 25.4 Å². The molecule has 1 aliphatic rings. The van der Waals surface area contributed by atoms with E-state index in [-0.39, 0.29) is 0 Å². The van der Waals surface area contributed by atoms with Gasteiger partial charge in [-0.2, -0.15) is 0 Å². The third-order valence-electron chi connectivity index (χ3n) is 2.05. The van der Waals surface area contributed by atoms with Gasteiger partial charge in [0.2, 0.25) is 6.08 Å². The average Bonchev–Trinajstić information content (AvgIpc) is 2.19. The Kier molecular flexibility index (Phi) is 4.16. The second-order valence-electron chi connectivity index (χ2n) is 2.99. The van der Waals surface area contributed by atoms with E-state index in [1.165, 1.54) is 6.08 Å². The zero-order chi connectivity index (χ0) is 9.52. The summed E-state index contributed by atoms with van der Waals surface area (Å²) >= 11 is 0. The summed E-state index contributed by atoms with van der Waals surface area (Å²) in [5.41, 5.74) is 1.03. The zero-order valence-corrected chi connectivity index (χ0v) is 7.44. The molecule has 0 spiro atoms. The van der Waals surface area contributed by atoms with Crippen LogP contribution in [-0.4, -0.2) is 23.8 Å². The first-order valence-electron chi connectivity index (χ1n) is 4.42. The molecule has 0 amide bonds. The van der Waals surface area contributed by atoms with Crippen LogP contribution in [-0.2, 0) is 4.79 Å². The highest BCUT2D eigenvalue weighted by Gasteiger charge is 2.10. The van der Waals surface area contributed by atoms with Crippen LogP contribution in [0.25, 0.3) is 0 Å². The zero-order valence-electron chi connectivity index (χ0n) is 7.44. The first kappa shape index (κ1) is 9.90. The summed E-state index contributed by atoms with van der Waals surface area (Å²) in [5, 5.41) is 9.61. The minimum Gasteiger partial charge on any atom is -0.389 e. The Bertz CT molecular complexity index is 262. The fourth-order valence-electron chi connectivity index (χ4n) is 1.32.